The van der Waals surface area contributed by atoms with Crippen LogP contribution in [0.1, 0.15) is 8.56 Å². The van der Waals surface area contributed by atoms with Gasteiger partial charge in [-0.2, -0.15) is 0 Å². The Morgan fingerprint density at radius 3 is 0.500 bits per heavy atom. The van der Waals surface area contributed by atoms with E-state index in [1.54, 1.807) is 0 Å². The van der Waals surface area contributed by atoms with Crippen LogP contribution in [0.4, 0.5) is 0 Å². The van der Waals surface area contributed by atoms with Gasteiger partial charge in [0.15, 0.2) is 0 Å². The Kier molecular flexibility index (Phi) is 16600. The molecule has 0 bridgehead atoms. The first-order valence-electron chi connectivity index (χ1n) is 0. The van der Waals surface area contributed by atoms with E-state index in [4.69, 9.17) is 0 Å². The fraction of sp³-hybridized carbons (Fsp3) is 0. The Hall–Kier alpha value is 1.18. The second kappa shape index (κ2) is 302. The summed E-state index contributed by atoms with van der Waals surface area (Å²) in [7, 11) is 0. The van der Waals surface area contributed by atoms with Crippen molar-refractivity contribution in [1.29, 1.82) is 0 Å². The molecule has 0 unspecified atom stereocenters. The van der Waals surface area contributed by atoms with Crippen LogP contribution in [-0.4, -0.2) is 56.8 Å². The quantitative estimate of drug-likeness (QED) is 0.568. The molecule has 6 N–H and O–H groups in total. The topological polar surface area (TPSA) is 180 Å². The first-order valence-corrected chi connectivity index (χ1v) is 0. The van der Waals surface area contributed by atoms with Crippen LogP contribution in [0.3, 0.4) is 0 Å². The van der Waals surface area contributed by atoms with Gasteiger partial charge in [0.1, 0.15) is 0 Å². The molecule has 8 heteroatoms. The number of rotatable bonds is 0. The Balaban J connectivity index is 0. The summed E-state index contributed by atoms with van der Waals surface area (Å²) >= 11 is 0. The van der Waals surface area contributed by atoms with Gasteiger partial charge in [0, 0.05) is 8.56 Å². The molecule has 0 aliphatic carbocycles. The summed E-state index contributed by atoms with van der Waals surface area (Å²) in [6, 6.07) is 0. The molecule has 0 amide bonds. The van der Waals surface area contributed by atoms with Crippen molar-refractivity contribution < 1.29 is 60.9 Å². The van der Waals surface area contributed by atoms with E-state index in [2.05, 4.69) is 0 Å². The van der Waals surface area contributed by atoms with Crippen molar-refractivity contribution in [2.75, 3.05) is 0 Å². The van der Waals surface area contributed by atoms with Crippen molar-refractivity contribution >= 4 is 23.9 Å². The predicted molar refractivity (Wildman–Crippen MR) is 30.1 cm³/mol. The molecule has 0 radical (unpaired) electrons. The largest absolute Gasteiger partial charge is 4.00 e. The zero-order valence-electron chi connectivity index (χ0n) is 3.89. The monoisotopic (exact) mass is 298 g/mol. The maximum absolute atomic E-state index is 0. The van der Waals surface area contributed by atoms with Crippen LogP contribution in [0.15, 0.2) is 0 Å². The molecule has 0 aromatic carbocycles. The van der Waals surface area contributed by atoms with Crippen molar-refractivity contribution in [3.8, 4) is 0 Å². The second-order valence-electron chi connectivity index (χ2n) is 0. The summed E-state index contributed by atoms with van der Waals surface area (Å²) in [5, 5.41) is 0. The van der Waals surface area contributed by atoms with Gasteiger partial charge < -0.3 is 32.9 Å². The molecule has 0 rings (SSSR count). The van der Waals surface area contributed by atoms with Gasteiger partial charge in [-0.15, -0.1) is 0 Å². The van der Waals surface area contributed by atoms with Gasteiger partial charge in [0.05, 0.1) is 0 Å². The minimum atomic E-state index is 0. The van der Waals surface area contributed by atoms with Crippen LogP contribution >= 0.6 is 0 Å². The third kappa shape index (κ3) is 196. The summed E-state index contributed by atoms with van der Waals surface area (Å²) in [6.07, 6.45) is 0. The molecule has 0 aromatic rings. The maximum Gasteiger partial charge on any atom is 4.00 e. The molecule has 0 heterocycles. The normalized spacial score (nSPS) is 0. The van der Waals surface area contributed by atoms with E-state index < -0.39 is 0 Å². The Labute approximate surface area is 85.1 Å². The predicted octanol–water partition coefficient (Wildman–Crippen LogP) is 0.0319. The molecule has 6 nitrogen and oxygen atoms in total. The van der Waals surface area contributed by atoms with Crippen LogP contribution < -0.4 is 0 Å². The zero-order chi connectivity index (χ0) is 0. The smallest absolute Gasteiger partial charge is 0.870 e. The van der Waals surface area contributed by atoms with E-state index in [0.29, 0.717) is 0 Å². The number of hydrogen-bond donors (Lipinski definition) is 0. The van der Waals surface area contributed by atoms with Crippen LogP contribution in [0, 0.1) is 0 Å². The summed E-state index contributed by atoms with van der Waals surface area (Å²) < 4.78 is 0. The summed E-state index contributed by atoms with van der Waals surface area (Å²) in [6.45, 7) is 0. The minimum Gasteiger partial charge on any atom is -0.870 e. The summed E-state index contributed by atoms with van der Waals surface area (Å²) in [5.41, 5.74) is 0. The van der Waals surface area contributed by atoms with Crippen LogP contribution in [0.25, 0.3) is 0 Å². The Morgan fingerprint density at radius 1 is 0.500 bits per heavy atom. The Bertz CT molecular complexity index is 22.3. The standard InChI is InChI=1S/6H2O.Sn.Zn.6H2/h6*1H2;;;6*1H/q;;;;;;+4;+2;;;;;;/p-6. The van der Waals surface area contributed by atoms with Crippen LogP contribution in [0.2, 0.25) is 0 Å². The third-order valence-electron chi connectivity index (χ3n) is 0. The van der Waals surface area contributed by atoms with Gasteiger partial charge in [-0.3, -0.25) is 0 Å². The van der Waals surface area contributed by atoms with Crippen molar-refractivity contribution in [1.82, 2.24) is 0 Å². The summed E-state index contributed by atoms with van der Waals surface area (Å²) in [5.74, 6) is 0. The second-order valence-corrected chi connectivity index (χ2v) is 0. The SMILES string of the molecule is [HH].[HH].[HH].[HH].[HH].[HH].[OH-].[OH-].[OH-].[OH-].[OH-].[OH-].[Sn+4].[Zn+2]. The van der Waals surface area contributed by atoms with E-state index in [-0.39, 0.29) is 84.8 Å². The zero-order valence-corrected chi connectivity index (χ0v) is 9.71. The molecule has 0 saturated carbocycles. The van der Waals surface area contributed by atoms with Crippen molar-refractivity contribution in [3.63, 3.8) is 0 Å². The Morgan fingerprint density at radius 2 is 0.500 bits per heavy atom. The van der Waals surface area contributed by atoms with Gasteiger partial charge in [-0.25, -0.2) is 0 Å². The first kappa shape index (κ1) is 440. The van der Waals surface area contributed by atoms with Gasteiger partial charge >= 0.3 is 43.4 Å². The van der Waals surface area contributed by atoms with Gasteiger partial charge in [0.2, 0.25) is 0 Å². The number of hydrogen-bond acceptors (Lipinski definition) is 6. The summed E-state index contributed by atoms with van der Waals surface area (Å²) in [4.78, 5) is 0. The molecule has 0 atom stereocenters. The minimum absolute atomic E-state index is 0. The third-order valence-corrected chi connectivity index (χ3v) is 0. The molecule has 60 valence electrons. The molecular formula is H18O6SnZn. The molecule has 0 spiro atoms. The van der Waals surface area contributed by atoms with Crippen LogP contribution in [0.5, 0.6) is 0 Å². The molecule has 0 aliphatic rings. The van der Waals surface area contributed by atoms with Crippen LogP contribution in [-0.2, 0) is 19.5 Å². The molecule has 8 heavy (non-hydrogen) atoms. The van der Waals surface area contributed by atoms with E-state index in [1.165, 1.54) is 0 Å². The van der Waals surface area contributed by atoms with Crippen molar-refractivity contribution in [2.45, 2.75) is 0 Å². The fourth-order valence-corrected chi connectivity index (χ4v) is 0. The van der Waals surface area contributed by atoms with Gasteiger partial charge in [-0.1, -0.05) is 0 Å². The first-order chi connectivity index (χ1) is 0. The average Bonchev–Trinajstić information content (AvgIpc) is 0. The fourth-order valence-electron chi connectivity index (χ4n) is 0. The van der Waals surface area contributed by atoms with E-state index >= 15 is 0 Å². The van der Waals surface area contributed by atoms with Crippen molar-refractivity contribution in [2.24, 2.45) is 0 Å². The van der Waals surface area contributed by atoms with E-state index in [9.17, 15) is 0 Å². The molecule has 0 saturated heterocycles. The molecule has 0 aliphatic heterocycles. The maximum atomic E-state index is 0. The van der Waals surface area contributed by atoms with Gasteiger partial charge in [-0.05, 0) is 0 Å². The average molecular weight is 298 g/mol. The molecule has 0 fully saturated rings. The van der Waals surface area contributed by atoms with E-state index in [1.807, 2.05) is 0 Å². The molecule has 0 aromatic heterocycles. The van der Waals surface area contributed by atoms with Crippen molar-refractivity contribution in [3.05, 3.63) is 0 Å². The van der Waals surface area contributed by atoms with E-state index in [0.717, 1.165) is 0 Å². The molecular weight excluding hydrogens is 280 g/mol. The van der Waals surface area contributed by atoms with Gasteiger partial charge in [0.25, 0.3) is 0 Å².